The average molecular weight is 493 g/mol. The molecule has 0 aliphatic carbocycles. The topological polar surface area (TPSA) is 83.8 Å². The number of hydrogen-bond acceptors (Lipinski definition) is 3. The van der Waals surface area contributed by atoms with Crippen molar-refractivity contribution in [2.75, 3.05) is 13.2 Å². The number of ether oxygens (including phenoxy) is 1. The summed E-state index contributed by atoms with van der Waals surface area (Å²) < 4.78 is 37.4. The Bertz CT molecular complexity index is 381. The minimum absolute atomic E-state index is 0. The van der Waals surface area contributed by atoms with Crippen LogP contribution >= 0.6 is 0 Å². The van der Waals surface area contributed by atoms with Crippen molar-refractivity contribution in [3.05, 3.63) is 0 Å². The van der Waals surface area contributed by atoms with E-state index >= 15 is 0 Å². The molecule has 0 saturated heterocycles. The third-order valence-corrected chi connectivity index (χ3v) is 5.28. The van der Waals surface area contributed by atoms with Gasteiger partial charge in [0.15, 0.2) is 0 Å². The van der Waals surface area contributed by atoms with Crippen LogP contribution in [0, 0.1) is 0 Å². The van der Waals surface area contributed by atoms with E-state index in [1.54, 1.807) is 0 Å². The molecule has 0 heterocycles. The molecule has 0 rings (SSSR count). The first-order chi connectivity index (χ1) is 14.4. The van der Waals surface area contributed by atoms with Crippen molar-refractivity contribution in [1.29, 1.82) is 0 Å². The van der Waals surface area contributed by atoms with E-state index < -0.39 is 10.4 Å². The predicted molar refractivity (Wildman–Crippen MR) is 130 cm³/mol. The van der Waals surface area contributed by atoms with Crippen molar-refractivity contribution in [1.82, 2.24) is 0 Å². The Balaban J connectivity index is -0.000000501. The monoisotopic (exact) mass is 492 g/mol. The van der Waals surface area contributed by atoms with Gasteiger partial charge in [0, 0.05) is 13.2 Å². The molecule has 186 valence electrons. The summed E-state index contributed by atoms with van der Waals surface area (Å²) in [4.78, 5) is 0. The van der Waals surface area contributed by atoms with Crippen LogP contribution in [0.5, 0.6) is 0 Å². The Morgan fingerprint density at radius 3 is 0.935 bits per heavy atom. The number of unbranched alkanes of at least 4 members (excludes halogenated alkanes) is 18. The third kappa shape index (κ3) is 49.6. The molecule has 0 saturated carbocycles. The molecule has 0 aromatic heterocycles. The van der Waals surface area contributed by atoms with Crippen LogP contribution in [0.1, 0.15) is 144 Å². The molecular formula is C24H53KO5S. The van der Waals surface area contributed by atoms with Crippen LogP contribution in [0.25, 0.3) is 0 Å². The molecule has 0 spiro atoms. The van der Waals surface area contributed by atoms with E-state index in [2.05, 4.69) is 13.8 Å². The third-order valence-electron chi connectivity index (χ3n) is 5.28. The van der Waals surface area contributed by atoms with Crippen LogP contribution in [-0.2, 0) is 15.1 Å². The van der Waals surface area contributed by atoms with Crippen molar-refractivity contribution in [2.45, 2.75) is 142 Å². The largest absolute Gasteiger partial charge is 1.00 e. The smallest absolute Gasteiger partial charge is 1.00 e. The van der Waals surface area contributed by atoms with E-state index in [1.807, 2.05) is 0 Å². The minimum Gasteiger partial charge on any atom is -1.00 e. The molecule has 0 atom stereocenters. The first kappa shape index (κ1) is 37.0. The first-order valence-corrected chi connectivity index (χ1v) is 14.1. The van der Waals surface area contributed by atoms with Crippen molar-refractivity contribution < 1.29 is 75.1 Å². The maximum atomic E-state index is 8.74. The van der Waals surface area contributed by atoms with E-state index in [0.29, 0.717) is 0 Å². The van der Waals surface area contributed by atoms with Gasteiger partial charge >= 0.3 is 61.8 Å². The van der Waals surface area contributed by atoms with Crippen molar-refractivity contribution in [2.24, 2.45) is 0 Å². The summed E-state index contributed by atoms with van der Waals surface area (Å²) >= 11 is 0. The molecule has 5 nitrogen and oxygen atoms in total. The zero-order valence-electron chi connectivity index (χ0n) is 22.1. The SMILES string of the molecule is CCCCCCCCCCCCOCCCCCCCCCCCC.O=S(=O)(O)O.[H-].[K+]. The molecule has 0 aliphatic heterocycles. The van der Waals surface area contributed by atoms with Gasteiger partial charge in [0.1, 0.15) is 0 Å². The summed E-state index contributed by atoms with van der Waals surface area (Å²) in [7, 11) is -4.67. The van der Waals surface area contributed by atoms with Gasteiger partial charge in [0.2, 0.25) is 0 Å². The summed E-state index contributed by atoms with van der Waals surface area (Å²) in [5.74, 6) is 0. The zero-order valence-corrected chi connectivity index (χ0v) is 25.0. The van der Waals surface area contributed by atoms with Gasteiger partial charge in [-0.2, -0.15) is 8.42 Å². The molecule has 0 unspecified atom stereocenters. The van der Waals surface area contributed by atoms with E-state index in [4.69, 9.17) is 22.3 Å². The van der Waals surface area contributed by atoms with Crippen LogP contribution < -0.4 is 51.4 Å². The van der Waals surface area contributed by atoms with Gasteiger partial charge < -0.3 is 6.16 Å². The average Bonchev–Trinajstić information content (AvgIpc) is 2.68. The Kier molecular flexibility index (Phi) is 37.6. The molecule has 7 heteroatoms. The first-order valence-electron chi connectivity index (χ1n) is 12.7. The van der Waals surface area contributed by atoms with Gasteiger partial charge in [-0.1, -0.05) is 129 Å². The predicted octanol–water partition coefficient (Wildman–Crippen LogP) is 5.31. The van der Waals surface area contributed by atoms with Crippen LogP contribution in [0.15, 0.2) is 0 Å². The number of hydrogen-bond donors (Lipinski definition) is 2. The minimum atomic E-state index is -4.67. The van der Waals surface area contributed by atoms with Crippen LogP contribution in [-0.4, -0.2) is 30.7 Å². The molecule has 0 amide bonds. The van der Waals surface area contributed by atoms with E-state index in [9.17, 15) is 0 Å². The van der Waals surface area contributed by atoms with Gasteiger partial charge in [-0.15, -0.1) is 0 Å². The Labute approximate surface area is 238 Å². The Morgan fingerprint density at radius 2 is 0.710 bits per heavy atom. The second kappa shape index (κ2) is 31.5. The summed E-state index contributed by atoms with van der Waals surface area (Å²) in [5.41, 5.74) is 0. The second-order valence-corrected chi connectivity index (χ2v) is 9.32. The Hall–Kier alpha value is 1.47. The standard InChI is InChI=1S/C24H50O.K.H2O4S.H/c1-3-5-7-9-11-13-15-17-19-21-23-25-24-22-20-18-16-14-12-10-8-6-4-2;;1-5(2,3)4;/h3-24H2,1-2H3;;(H2,1,2,3,4);/q;+1;;-1. The van der Waals surface area contributed by atoms with Crippen LogP contribution in [0.3, 0.4) is 0 Å². The van der Waals surface area contributed by atoms with Gasteiger partial charge in [-0.3, -0.25) is 9.11 Å². The fraction of sp³-hybridized carbons (Fsp3) is 1.00. The maximum Gasteiger partial charge on any atom is 1.00 e. The molecule has 0 aromatic carbocycles. The fourth-order valence-electron chi connectivity index (χ4n) is 3.49. The van der Waals surface area contributed by atoms with Crippen molar-refractivity contribution in [3.63, 3.8) is 0 Å². The van der Waals surface area contributed by atoms with Crippen molar-refractivity contribution in [3.8, 4) is 0 Å². The normalized spacial score (nSPS) is 11.0. The molecule has 0 aromatic rings. The molecule has 0 bridgehead atoms. The summed E-state index contributed by atoms with van der Waals surface area (Å²) in [5, 5.41) is 0. The quantitative estimate of drug-likeness (QED) is 0.122. The molecule has 0 fully saturated rings. The van der Waals surface area contributed by atoms with Gasteiger partial charge in [-0.05, 0) is 12.8 Å². The molecular weight excluding hydrogens is 439 g/mol. The maximum absolute atomic E-state index is 8.74. The fourth-order valence-corrected chi connectivity index (χ4v) is 3.49. The molecule has 2 N–H and O–H groups in total. The van der Waals surface area contributed by atoms with Crippen LogP contribution in [0.4, 0.5) is 0 Å². The zero-order chi connectivity index (χ0) is 22.8. The second-order valence-electron chi connectivity index (χ2n) is 8.42. The van der Waals surface area contributed by atoms with Crippen LogP contribution in [0.2, 0.25) is 0 Å². The summed E-state index contributed by atoms with van der Waals surface area (Å²) in [6, 6.07) is 0. The van der Waals surface area contributed by atoms with Crippen molar-refractivity contribution >= 4 is 10.4 Å². The summed E-state index contributed by atoms with van der Waals surface area (Å²) in [6.07, 6.45) is 28.2. The van der Waals surface area contributed by atoms with Gasteiger partial charge in [0.05, 0.1) is 0 Å². The number of rotatable bonds is 22. The van der Waals surface area contributed by atoms with E-state index in [0.717, 1.165) is 13.2 Å². The Morgan fingerprint density at radius 1 is 0.516 bits per heavy atom. The molecule has 0 aliphatic rings. The van der Waals surface area contributed by atoms with Gasteiger partial charge in [-0.25, -0.2) is 0 Å². The molecule has 0 radical (unpaired) electrons. The van der Waals surface area contributed by atoms with Gasteiger partial charge in [0.25, 0.3) is 0 Å². The van der Waals surface area contributed by atoms with E-state index in [1.165, 1.54) is 128 Å². The van der Waals surface area contributed by atoms with E-state index in [-0.39, 0.29) is 52.8 Å². The molecule has 31 heavy (non-hydrogen) atoms. The summed E-state index contributed by atoms with van der Waals surface area (Å²) in [6.45, 7) is 6.57.